The molecule has 174 valence electrons. The maximum atomic E-state index is 12.8. The molecule has 4 aromatic rings. The standard InChI is InChI=1S/C26H25ClN4O3/c1-17-13-24(34-2)21(27)15-20(17)22-16-31-8-7-18(14-25(31)28-22)29-9-11-30(12-10-29)26(33)19-5-3-4-6-23(19)32/h3-8,13-16,32H,9-12H2,1-2H3. The van der Waals surface area contributed by atoms with Crippen molar-refractivity contribution in [1.29, 1.82) is 0 Å². The van der Waals surface area contributed by atoms with E-state index in [9.17, 15) is 9.90 Å². The average Bonchev–Trinajstić information content (AvgIpc) is 3.28. The molecule has 0 aliphatic carbocycles. The van der Waals surface area contributed by atoms with Crippen LogP contribution in [0.1, 0.15) is 15.9 Å². The minimum Gasteiger partial charge on any atom is -0.507 e. The topological polar surface area (TPSA) is 70.3 Å². The quantitative estimate of drug-likeness (QED) is 0.464. The van der Waals surface area contributed by atoms with Crippen LogP contribution in [-0.2, 0) is 0 Å². The molecule has 1 amide bonds. The van der Waals surface area contributed by atoms with E-state index >= 15 is 0 Å². The van der Waals surface area contributed by atoms with E-state index in [0.717, 1.165) is 28.2 Å². The summed E-state index contributed by atoms with van der Waals surface area (Å²) < 4.78 is 7.31. The first-order valence-corrected chi connectivity index (χ1v) is 11.5. The van der Waals surface area contributed by atoms with Gasteiger partial charge in [-0.15, -0.1) is 0 Å². The zero-order chi connectivity index (χ0) is 23.8. The molecule has 1 fully saturated rings. The number of benzene rings is 2. The summed E-state index contributed by atoms with van der Waals surface area (Å²) in [6.45, 7) is 4.59. The van der Waals surface area contributed by atoms with Crippen LogP contribution < -0.4 is 9.64 Å². The smallest absolute Gasteiger partial charge is 0.257 e. The van der Waals surface area contributed by atoms with Gasteiger partial charge >= 0.3 is 0 Å². The molecular formula is C26H25ClN4O3. The lowest BCUT2D eigenvalue weighted by Gasteiger charge is -2.36. The second-order valence-electron chi connectivity index (χ2n) is 8.37. The van der Waals surface area contributed by atoms with Crippen LogP contribution in [0.5, 0.6) is 11.5 Å². The van der Waals surface area contributed by atoms with Crippen molar-refractivity contribution in [2.45, 2.75) is 6.92 Å². The van der Waals surface area contributed by atoms with Crippen molar-refractivity contribution in [1.82, 2.24) is 14.3 Å². The van der Waals surface area contributed by atoms with Crippen LogP contribution in [0.15, 0.2) is 60.9 Å². The van der Waals surface area contributed by atoms with E-state index in [4.69, 9.17) is 21.3 Å². The number of anilines is 1. The molecule has 2 aromatic heterocycles. The average molecular weight is 477 g/mol. The number of hydrogen-bond acceptors (Lipinski definition) is 5. The predicted octanol–water partition coefficient (Wildman–Crippen LogP) is 4.64. The normalized spacial score (nSPS) is 14.0. The number of hydrogen-bond donors (Lipinski definition) is 1. The van der Waals surface area contributed by atoms with Crippen LogP contribution in [0.2, 0.25) is 5.02 Å². The van der Waals surface area contributed by atoms with Crippen LogP contribution >= 0.6 is 11.6 Å². The molecule has 3 heterocycles. The summed E-state index contributed by atoms with van der Waals surface area (Å²) in [6, 6.07) is 14.6. The first-order chi connectivity index (χ1) is 16.4. The highest BCUT2D eigenvalue weighted by atomic mass is 35.5. The molecule has 1 aliphatic heterocycles. The molecule has 1 N–H and O–H groups in total. The second kappa shape index (κ2) is 8.91. The highest BCUT2D eigenvalue weighted by Crippen LogP contribution is 2.33. The summed E-state index contributed by atoms with van der Waals surface area (Å²) in [5, 5.41) is 10.6. The molecule has 0 radical (unpaired) electrons. The Hall–Kier alpha value is -3.71. The van der Waals surface area contributed by atoms with Crippen molar-refractivity contribution in [2.24, 2.45) is 0 Å². The maximum Gasteiger partial charge on any atom is 0.257 e. The van der Waals surface area contributed by atoms with E-state index in [1.165, 1.54) is 0 Å². The number of fused-ring (bicyclic) bond motifs is 1. The summed E-state index contributed by atoms with van der Waals surface area (Å²) in [6.07, 6.45) is 3.99. The SMILES string of the molecule is COc1cc(C)c(-c2cn3ccc(N4CCN(C(=O)c5ccccc5O)CC4)cc3n2)cc1Cl. The number of ether oxygens (including phenoxy) is 1. The van der Waals surface area contributed by atoms with Gasteiger partial charge in [-0.1, -0.05) is 23.7 Å². The van der Waals surface area contributed by atoms with E-state index < -0.39 is 0 Å². The number of phenols is 1. The van der Waals surface area contributed by atoms with Crippen molar-refractivity contribution in [2.75, 3.05) is 38.2 Å². The molecular weight excluding hydrogens is 452 g/mol. The number of carbonyl (C=O) groups is 1. The Kier molecular flexibility index (Phi) is 5.79. The molecule has 0 unspecified atom stereocenters. The number of nitrogens with zero attached hydrogens (tertiary/aromatic N) is 4. The van der Waals surface area contributed by atoms with Crippen molar-refractivity contribution in [3.05, 3.63) is 77.1 Å². The summed E-state index contributed by atoms with van der Waals surface area (Å²) in [4.78, 5) is 21.7. The van der Waals surface area contributed by atoms with Crippen LogP contribution in [0.4, 0.5) is 5.69 Å². The lowest BCUT2D eigenvalue weighted by Crippen LogP contribution is -2.48. The van der Waals surface area contributed by atoms with E-state index in [1.54, 1.807) is 36.3 Å². The van der Waals surface area contributed by atoms with Crippen LogP contribution in [0.3, 0.4) is 0 Å². The molecule has 0 bridgehead atoms. The van der Waals surface area contributed by atoms with Gasteiger partial charge in [-0.25, -0.2) is 4.98 Å². The summed E-state index contributed by atoms with van der Waals surface area (Å²) in [5.41, 5.74) is 5.09. The maximum absolute atomic E-state index is 12.8. The number of imidazole rings is 1. The predicted molar refractivity (Wildman–Crippen MR) is 133 cm³/mol. The van der Waals surface area contributed by atoms with Crippen LogP contribution in [0, 0.1) is 6.92 Å². The van der Waals surface area contributed by atoms with E-state index in [0.29, 0.717) is 42.5 Å². The number of piperazine rings is 1. The minimum absolute atomic E-state index is 0.0175. The van der Waals surface area contributed by atoms with Gasteiger partial charge in [-0.05, 0) is 42.8 Å². The third-order valence-electron chi connectivity index (χ3n) is 6.29. The molecule has 5 rings (SSSR count). The molecule has 0 saturated carbocycles. The Morgan fingerprint density at radius 3 is 2.59 bits per heavy atom. The number of phenolic OH excluding ortho intramolecular Hbond substituents is 1. The number of amides is 1. The summed E-state index contributed by atoms with van der Waals surface area (Å²) in [5.74, 6) is 0.526. The number of para-hydroxylation sites is 1. The lowest BCUT2D eigenvalue weighted by atomic mass is 10.1. The monoisotopic (exact) mass is 476 g/mol. The molecule has 7 nitrogen and oxygen atoms in total. The van der Waals surface area contributed by atoms with E-state index in [1.807, 2.05) is 35.9 Å². The first-order valence-electron chi connectivity index (χ1n) is 11.1. The molecule has 0 atom stereocenters. The Bertz CT molecular complexity index is 1380. The first kappa shape index (κ1) is 22.1. The minimum atomic E-state index is -0.139. The summed E-state index contributed by atoms with van der Waals surface area (Å²) in [7, 11) is 1.61. The fourth-order valence-electron chi connectivity index (χ4n) is 4.38. The zero-order valence-electron chi connectivity index (χ0n) is 19.0. The van der Waals surface area contributed by atoms with Crippen molar-refractivity contribution < 1.29 is 14.6 Å². The second-order valence-corrected chi connectivity index (χ2v) is 8.78. The number of halogens is 1. The summed E-state index contributed by atoms with van der Waals surface area (Å²) >= 11 is 6.35. The highest BCUT2D eigenvalue weighted by Gasteiger charge is 2.24. The lowest BCUT2D eigenvalue weighted by molar-refractivity contribution is 0.0743. The number of aromatic hydroxyl groups is 1. The number of aromatic nitrogens is 2. The van der Waals surface area contributed by atoms with E-state index in [2.05, 4.69) is 17.0 Å². The van der Waals surface area contributed by atoms with Gasteiger partial charge in [0.1, 0.15) is 17.1 Å². The van der Waals surface area contributed by atoms with Crippen LogP contribution in [0.25, 0.3) is 16.9 Å². The van der Waals surface area contributed by atoms with Gasteiger partial charge in [-0.3, -0.25) is 4.79 Å². The van der Waals surface area contributed by atoms with Gasteiger partial charge in [0.25, 0.3) is 5.91 Å². The fourth-order valence-corrected chi connectivity index (χ4v) is 4.62. The molecule has 2 aromatic carbocycles. The van der Waals surface area contributed by atoms with Crippen LogP contribution in [-0.4, -0.2) is 58.6 Å². The van der Waals surface area contributed by atoms with Gasteiger partial charge in [0.2, 0.25) is 0 Å². The largest absolute Gasteiger partial charge is 0.507 e. The van der Waals surface area contributed by atoms with Gasteiger partial charge in [-0.2, -0.15) is 0 Å². The Morgan fingerprint density at radius 2 is 1.85 bits per heavy atom. The van der Waals surface area contributed by atoms with Gasteiger partial charge in [0, 0.05) is 55.9 Å². The van der Waals surface area contributed by atoms with Crippen molar-refractivity contribution in [3.8, 4) is 22.8 Å². The molecule has 1 aliphatic rings. The van der Waals surface area contributed by atoms with Gasteiger partial charge < -0.3 is 24.0 Å². The number of aryl methyl sites for hydroxylation is 1. The van der Waals surface area contributed by atoms with Crippen molar-refractivity contribution in [3.63, 3.8) is 0 Å². The number of carbonyl (C=O) groups excluding carboxylic acids is 1. The molecule has 8 heteroatoms. The van der Waals surface area contributed by atoms with Gasteiger partial charge in [0.15, 0.2) is 0 Å². The molecule has 34 heavy (non-hydrogen) atoms. The zero-order valence-corrected chi connectivity index (χ0v) is 19.8. The number of rotatable bonds is 4. The third kappa shape index (κ3) is 4.03. The Balaban J connectivity index is 1.34. The molecule has 0 spiro atoms. The van der Waals surface area contributed by atoms with Crippen molar-refractivity contribution >= 4 is 28.8 Å². The highest BCUT2D eigenvalue weighted by molar-refractivity contribution is 6.32. The fraction of sp³-hybridized carbons (Fsp3) is 0.231. The van der Waals surface area contributed by atoms with Gasteiger partial charge in [0.05, 0.1) is 23.4 Å². The molecule has 1 saturated heterocycles. The third-order valence-corrected chi connectivity index (χ3v) is 6.58. The Labute approximate surface area is 202 Å². The Morgan fingerprint density at radius 1 is 1.09 bits per heavy atom. The van der Waals surface area contributed by atoms with E-state index in [-0.39, 0.29) is 11.7 Å². The number of pyridine rings is 1. The number of methoxy groups -OCH3 is 1.